The number of hydrogen-bond donors (Lipinski definition) is 0. The first kappa shape index (κ1) is 11.4. The van der Waals surface area contributed by atoms with Crippen molar-refractivity contribution in [1.29, 1.82) is 5.26 Å². The first-order valence-electron chi connectivity index (χ1n) is 4.11. The summed E-state index contributed by atoms with van der Waals surface area (Å²) in [5, 5.41) is 8.80. The second-order valence-electron chi connectivity index (χ2n) is 3.77. The van der Waals surface area contributed by atoms with Crippen LogP contribution >= 0.6 is 0 Å². The van der Waals surface area contributed by atoms with Crippen molar-refractivity contribution >= 4 is 8.32 Å². The van der Waals surface area contributed by atoms with Gasteiger partial charge in [-0.15, -0.1) is 0 Å². The second-order valence-corrected chi connectivity index (χ2v) is 8.23. The van der Waals surface area contributed by atoms with Gasteiger partial charge in [-0.2, -0.15) is 5.26 Å². The maximum absolute atomic E-state index is 8.80. The van der Waals surface area contributed by atoms with Crippen molar-refractivity contribution in [1.82, 2.24) is 0 Å². The zero-order valence-corrected chi connectivity index (χ0v) is 9.51. The van der Waals surface area contributed by atoms with Gasteiger partial charge in [0, 0.05) is 0 Å². The van der Waals surface area contributed by atoms with Crippen LogP contribution in [-0.2, 0) is 4.43 Å². The molecule has 3 heteroatoms. The van der Waals surface area contributed by atoms with E-state index in [0.29, 0.717) is 0 Å². The summed E-state index contributed by atoms with van der Waals surface area (Å²) in [6.45, 7) is 10.1. The molecule has 0 bridgehead atoms. The van der Waals surface area contributed by atoms with Gasteiger partial charge >= 0.3 is 0 Å². The molecule has 0 N–H and O–H groups in total. The molecule has 0 heterocycles. The molecule has 0 spiro atoms. The molecule has 0 radical (unpaired) electrons. The summed E-state index contributed by atoms with van der Waals surface area (Å²) < 4.78 is 5.65. The van der Waals surface area contributed by atoms with Crippen molar-refractivity contribution < 1.29 is 4.43 Å². The van der Waals surface area contributed by atoms with Gasteiger partial charge in [0.1, 0.15) is 0 Å². The van der Waals surface area contributed by atoms with Crippen LogP contribution in [-0.4, -0.2) is 14.4 Å². The van der Waals surface area contributed by atoms with Gasteiger partial charge < -0.3 is 4.43 Å². The van der Waals surface area contributed by atoms with Gasteiger partial charge in [-0.1, -0.05) is 6.08 Å². The van der Waals surface area contributed by atoms with Gasteiger partial charge in [-0.05, 0) is 39.1 Å². The lowest BCUT2D eigenvalue weighted by Crippen LogP contribution is -2.31. The van der Waals surface area contributed by atoms with Crippen LogP contribution in [0.2, 0.25) is 19.6 Å². The Kier molecular flexibility index (Phi) is 4.22. The SMILES string of the molecule is C/C=C(/C)C(C#N)O[Si](C)(C)C. The number of allylic oxidation sites excluding steroid dienone is 1. The van der Waals surface area contributed by atoms with Crippen LogP contribution < -0.4 is 0 Å². The Hall–Kier alpha value is -0.593. The largest absolute Gasteiger partial charge is 0.399 e. The number of hydrogen-bond acceptors (Lipinski definition) is 2. The molecule has 0 aliphatic rings. The van der Waals surface area contributed by atoms with E-state index in [0.717, 1.165) is 5.57 Å². The third-order valence-electron chi connectivity index (χ3n) is 1.46. The van der Waals surface area contributed by atoms with E-state index < -0.39 is 8.32 Å². The van der Waals surface area contributed by atoms with Gasteiger partial charge in [0.2, 0.25) is 0 Å². The predicted molar refractivity (Wildman–Crippen MR) is 53.3 cm³/mol. The molecular formula is C9H17NOSi. The monoisotopic (exact) mass is 183 g/mol. The smallest absolute Gasteiger partial charge is 0.185 e. The normalized spacial score (nSPS) is 15.5. The Morgan fingerprint density at radius 1 is 1.50 bits per heavy atom. The molecule has 0 aromatic heterocycles. The molecule has 0 aromatic rings. The molecule has 0 amide bonds. The fourth-order valence-corrected chi connectivity index (χ4v) is 1.67. The Morgan fingerprint density at radius 2 is 2.00 bits per heavy atom. The highest BCUT2D eigenvalue weighted by Gasteiger charge is 2.21. The van der Waals surface area contributed by atoms with Gasteiger partial charge in [-0.25, -0.2) is 0 Å². The van der Waals surface area contributed by atoms with Crippen LogP contribution in [0.1, 0.15) is 13.8 Å². The van der Waals surface area contributed by atoms with E-state index in [1.54, 1.807) is 0 Å². The first-order valence-corrected chi connectivity index (χ1v) is 7.52. The van der Waals surface area contributed by atoms with E-state index in [1.807, 2.05) is 19.9 Å². The van der Waals surface area contributed by atoms with Crippen LogP contribution in [0.25, 0.3) is 0 Å². The van der Waals surface area contributed by atoms with Crippen molar-refractivity contribution in [2.24, 2.45) is 0 Å². The van der Waals surface area contributed by atoms with E-state index in [4.69, 9.17) is 9.69 Å². The van der Waals surface area contributed by atoms with Crippen LogP contribution in [0.5, 0.6) is 0 Å². The summed E-state index contributed by atoms with van der Waals surface area (Å²) in [6, 6.07) is 2.15. The zero-order valence-electron chi connectivity index (χ0n) is 8.51. The summed E-state index contributed by atoms with van der Waals surface area (Å²) in [6.07, 6.45) is 1.58. The van der Waals surface area contributed by atoms with Crippen molar-refractivity contribution in [3.63, 3.8) is 0 Å². The molecule has 0 aromatic carbocycles. The fourth-order valence-electron chi connectivity index (χ4n) is 0.726. The Labute approximate surface area is 76.0 Å². The van der Waals surface area contributed by atoms with E-state index in [2.05, 4.69) is 25.7 Å². The topological polar surface area (TPSA) is 33.0 Å². The lowest BCUT2D eigenvalue weighted by Gasteiger charge is -2.21. The third kappa shape index (κ3) is 4.32. The number of nitrogens with zero attached hydrogens (tertiary/aromatic N) is 1. The molecule has 0 saturated heterocycles. The Bertz CT molecular complexity index is 210. The zero-order chi connectivity index (χ0) is 9.78. The van der Waals surface area contributed by atoms with E-state index >= 15 is 0 Å². The highest BCUT2D eigenvalue weighted by molar-refractivity contribution is 6.69. The summed E-state index contributed by atoms with van der Waals surface area (Å²) >= 11 is 0. The molecule has 12 heavy (non-hydrogen) atoms. The Morgan fingerprint density at radius 3 is 2.25 bits per heavy atom. The van der Waals surface area contributed by atoms with Crippen LogP contribution in [0.15, 0.2) is 11.6 Å². The highest BCUT2D eigenvalue weighted by Crippen LogP contribution is 2.12. The lowest BCUT2D eigenvalue weighted by molar-refractivity contribution is 0.283. The third-order valence-corrected chi connectivity index (χ3v) is 2.40. The minimum Gasteiger partial charge on any atom is -0.399 e. The van der Waals surface area contributed by atoms with E-state index in [-0.39, 0.29) is 6.10 Å². The number of rotatable bonds is 3. The van der Waals surface area contributed by atoms with Gasteiger partial charge in [0.25, 0.3) is 0 Å². The summed E-state index contributed by atoms with van der Waals surface area (Å²) in [5.74, 6) is 0. The standard InChI is InChI=1S/C9H17NOSi/c1-6-8(2)9(7-10)11-12(3,4)5/h6,9H,1-5H3/b8-6-. The molecule has 0 fully saturated rings. The minimum absolute atomic E-state index is 0.346. The maximum atomic E-state index is 8.80. The summed E-state index contributed by atoms with van der Waals surface area (Å²) in [7, 11) is -1.58. The van der Waals surface area contributed by atoms with Gasteiger partial charge in [-0.3, -0.25) is 0 Å². The molecular weight excluding hydrogens is 166 g/mol. The van der Waals surface area contributed by atoms with E-state index in [1.165, 1.54) is 0 Å². The first-order chi connectivity index (χ1) is 5.40. The van der Waals surface area contributed by atoms with Crippen molar-refractivity contribution in [2.45, 2.75) is 39.6 Å². The Balaban J connectivity index is 4.32. The summed E-state index contributed by atoms with van der Waals surface area (Å²) in [5.41, 5.74) is 1.000. The number of nitriles is 1. The lowest BCUT2D eigenvalue weighted by atomic mass is 10.2. The molecule has 0 aliphatic heterocycles. The average Bonchev–Trinajstić information content (AvgIpc) is 1.97. The summed E-state index contributed by atoms with van der Waals surface area (Å²) in [4.78, 5) is 0. The predicted octanol–water partition coefficient (Wildman–Crippen LogP) is 2.70. The van der Waals surface area contributed by atoms with Crippen molar-refractivity contribution in [2.75, 3.05) is 0 Å². The van der Waals surface area contributed by atoms with Crippen LogP contribution in [0.3, 0.4) is 0 Å². The van der Waals surface area contributed by atoms with E-state index in [9.17, 15) is 0 Å². The van der Waals surface area contributed by atoms with Crippen molar-refractivity contribution in [3.8, 4) is 6.07 Å². The molecule has 68 valence electrons. The van der Waals surface area contributed by atoms with Gasteiger partial charge in [0.15, 0.2) is 14.4 Å². The molecule has 0 rings (SSSR count). The highest BCUT2D eigenvalue weighted by atomic mass is 28.4. The van der Waals surface area contributed by atoms with Gasteiger partial charge in [0.05, 0.1) is 6.07 Å². The average molecular weight is 183 g/mol. The molecule has 0 aliphatic carbocycles. The molecule has 1 atom stereocenters. The fraction of sp³-hybridized carbons (Fsp3) is 0.667. The van der Waals surface area contributed by atoms with Crippen LogP contribution in [0.4, 0.5) is 0 Å². The minimum atomic E-state index is -1.58. The van der Waals surface area contributed by atoms with Crippen molar-refractivity contribution in [3.05, 3.63) is 11.6 Å². The molecule has 0 saturated carbocycles. The van der Waals surface area contributed by atoms with Crippen LogP contribution in [0, 0.1) is 11.3 Å². The second kappa shape index (κ2) is 4.44. The maximum Gasteiger partial charge on any atom is 0.185 e. The molecule has 2 nitrogen and oxygen atoms in total. The quantitative estimate of drug-likeness (QED) is 0.498. The molecule has 1 unspecified atom stereocenters.